The zero-order valence-electron chi connectivity index (χ0n) is 17.1. The molecule has 1 aromatic heterocycles. The van der Waals surface area contributed by atoms with Crippen molar-refractivity contribution in [2.45, 2.75) is 37.8 Å². The van der Waals surface area contributed by atoms with E-state index >= 15 is 0 Å². The highest BCUT2D eigenvalue weighted by molar-refractivity contribution is 7.18. The van der Waals surface area contributed by atoms with Crippen molar-refractivity contribution in [1.29, 1.82) is 0 Å². The van der Waals surface area contributed by atoms with Crippen molar-refractivity contribution in [3.63, 3.8) is 0 Å². The van der Waals surface area contributed by atoms with Gasteiger partial charge in [0, 0.05) is 15.9 Å². The number of thiophene rings is 1. The van der Waals surface area contributed by atoms with Crippen LogP contribution in [0, 0.1) is 0 Å². The van der Waals surface area contributed by atoms with E-state index in [4.69, 9.17) is 28.9 Å². The molecule has 2 aromatic carbocycles. The van der Waals surface area contributed by atoms with E-state index in [9.17, 15) is 14.7 Å². The predicted octanol–water partition coefficient (Wildman–Crippen LogP) is 6.34. The maximum Gasteiger partial charge on any atom is 0.348 e. The summed E-state index contributed by atoms with van der Waals surface area (Å²) in [6.45, 7) is 0. The van der Waals surface area contributed by atoms with Crippen LogP contribution in [0.2, 0.25) is 10.0 Å². The van der Waals surface area contributed by atoms with Crippen LogP contribution in [0.25, 0.3) is 10.4 Å². The molecule has 3 aromatic rings. The van der Waals surface area contributed by atoms with Gasteiger partial charge in [0.1, 0.15) is 4.88 Å². The summed E-state index contributed by atoms with van der Waals surface area (Å²) in [6.07, 6.45) is 3.34. The second-order valence-corrected chi connectivity index (χ2v) is 9.71. The zero-order chi connectivity index (χ0) is 22.8. The molecule has 1 aliphatic carbocycles. The minimum absolute atomic E-state index is 0.0973. The Balaban J connectivity index is 1.87. The fourth-order valence-electron chi connectivity index (χ4n) is 4.15. The monoisotopic (exact) mass is 488 g/mol. The molecule has 0 spiro atoms. The Labute approximate surface area is 200 Å². The summed E-state index contributed by atoms with van der Waals surface area (Å²) in [7, 11) is 0. The molecule has 1 saturated carbocycles. The van der Waals surface area contributed by atoms with E-state index in [1.807, 2.05) is 30.3 Å². The van der Waals surface area contributed by atoms with Crippen molar-refractivity contribution in [2.24, 2.45) is 5.73 Å². The number of carbonyl (C=O) groups is 2. The Morgan fingerprint density at radius 3 is 2.41 bits per heavy atom. The third-order valence-electron chi connectivity index (χ3n) is 5.72. The summed E-state index contributed by atoms with van der Waals surface area (Å²) in [4.78, 5) is 28.4. The van der Waals surface area contributed by atoms with Gasteiger partial charge in [-0.15, -0.1) is 11.3 Å². The number of nitrogens with zero attached hydrogens (tertiary/aromatic N) is 1. The fraction of sp³-hybridized carbons (Fsp3) is 0.250. The van der Waals surface area contributed by atoms with Gasteiger partial charge in [-0.1, -0.05) is 66.4 Å². The first-order valence-electron chi connectivity index (χ1n) is 10.3. The minimum atomic E-state index is -1.09. The Morgan fingerprint density at radius 2 is 1.75 bits per heavy atom. The molecule has 4 rings (SSSR count). The standard InChI is InChI=1S/C24H22Cl2N2O3S/c25-15-10-11-16(17(26)12-15)23(29)28(19-9-5-4-8-18(19)27)20-13-21(32-22(20)24(30)31)14-6-2-1-3-7-14/h1-3,6-7,10-13,18-19H,4-5,8-9,27H2,(H,30,31)/t18-,19+/m0/s1. The van der Waals surface area contributed by atoms with Crippen molar-refractivity contribution >= 4 is 52.1 Å². The number of hydrogen-bond donors (Lipinski definition) is 2. The molecule has 2 atom stereocenters. The van der Waals surface area contributed by atoms with Crippen LogP contribution in [-0.2, 0) is 0 Å². The number of anilines is 1. The quantitative estimate of drug-likeness (QED) is 0.438. The summed E-state index contributed by atoms with van der Waals surface area (Å²) in [5.74, 6) is -1.47. The largest absolute Gasteiger partial charge is 0.477 e. The van der Waals surface area contributed by atoms with Gasteiger partial charge in [-0.25, -0.2) is 4.79 Å². The lowest BCUT2D eigenvalue weighted by atomic mass is 9.89. The Kier molecular flexibility index (Phi) is 6.86. The van der Waals surface area contributed by atoms with Gasteiger partial charge in [-0.2, -0.15) is 0 Å². The van der Waals surface area contributed by atoms with Crippen LogP contribution in [0.4, 0.5) is 5.69 Å². The van der Waals surface area contributed by atoms with Gasteiger partial charge in [-0.3, -0.25) is 4.79 Å². The van der Waals surface area contributed by atoms with E-state index in [0.717, 1.165) is 41.0 Å². The SMILES string of the molecule is N[C@H]1CCCC[C@H]1N(C(=O)c1ccc(Cl)cc1Cl)c1cc(-c2ccccc2)sc1C(=O)O. The lowest BCUT2D eigenvalue weighted by Gasteiger charge is -2.38. The van der Waals surface area contributed by atoms with Gasteiger partial charge in [0.15, 0.2) is 0 Å². The zero-order valence-corrected chi connectivity index (χ0v) is 19.5. The smallest absolute Gasteiger partial charge is 0.348 e. The van der Waals surface area contributed by atoms with E-state index in [1.165, 1.54) is 6.07 Å². The molecular weight excluding hydrogens is 467 g/mol. The van der Waals surface area contributed by atoms with Gasteiger partial charge >= 0.3 is 5.97 Å². The highest BCUT2D eigenvalue weighted by Crippen LogP contribution is 2.40. The van der Waals surface area contributed by atoms with Gasteiger partial charge in [-0.05, 0) is 42.7 Å². The van der Waals surface area contributed by atoms with Gasteiger partial charge in [0.05, 0.1) is 22.3 Å². The van der Waals surface area contributed by atoms with Gasteiger partial charge in [0.2, 0.25) is 0 Å². The topological polar surface area (TPSA) is 83.6 Å². The molecule has 0 aliphatic heterocycles. The van der Waals surface area contributed by atoms with Crippen LogP contribution in [0.5, 0.6) is 0 Å². The van der Waals surface area contributed by atoms with Crippen molar-refractivity contribution in [1.82, 2.24) is 0 Å². The van der Waals surface area contributed by atoms with Crippen molar-refractivity contribution < 1.29 is 14.7 Å². The molecule has 3 N–H and O–H groups in total. The number of carboxylic acid groups (broad SMARTS) is 1. The van der Waals surface area contributed by atoms with Crippen molar-refractivity contribution in [3.05, 3.63) is 75.1 Å². The van der Waals surface area contributed by atoms with Gasteiger partial charge in [0.25, 0.3) is 5.91 Å². The number of halogens is 2. The van der Waals surface area contributed by atoms with Crippen LogP contribution in [0.1, 0.15) is 45.7 Å². The fourth-order valence-corrected chi connectivity index (χ4v) is 5.63. The molecule has 32 heavy (non-hydrogen) atoms. The van der Waals surface area contributed by atoms with Gasteiger partial charge < -0.3 is 15.7 Å². The maximum absolute atomic E-state index is 13.8. The van der Waals surface area contributed by atoms with Crippen molar-refractivity contribution in [3.8, 4) is 10.4 Å². The van der Waals surface area contributed by atoms with Crippen LogP contribution >= 0.6 is 34.5 Å². The Hall–Kier alpha value is -2.38. The second kappa shape index (κ2) is 9.63. The van der Waals surface area contributed by atoms with E-state index in [0.29, 0.717) is 17.1 Å². The highest BCUT2D eigenvalue weighted by atomic mass is 35.5. The third-order valence-corrected chi connectivity index (χ3v) is 7.43. The molecule has 1 amide bonds. The highest BCUT2D eigenvalue weighted by Gasteiger charge is 2.36. The number of carboxylic acids is 1. The Morgan fingerprint density at radius 1 is 1.03 bits per heavy atom. The molecule has 0 bridgehead atoms. The first-order chi connectivity index (χ1) is 15.4. The summed E-state index contributed by atoms with van der Waals surface area (Å²) >= 11 is 13.5. The summed E-state index contributed by atoms with van der Waals surface area (Å²) in [5.41, 5.74) is 7.94. The van der Waals surface area contributed by atoms with Crippen LogP contribution in [0.15, 0.2) is 54.6 Å². The summed E-state index contributed by atoms with van der Waals surface area (Å²) < 4.78 is 0. The first-order valence-corrected chi connectivity index (χ1v) is 11.9. The van der Waals surface area contributed by atoms with Crippen LogP contribution in [-0.4, -0.2) is 29.1 Å². The average molecular weight is 489 g/mol. The molecule has 0 radical (unpaired) electrons. The normalized spacial score (nSPS) is 18.3. The average Bonchev–Trinajstić information content (AvgIpc) is 3.21. The molecule has 5 nitrogen and oxygen atoms in total. The van der Waals surface area contributed by atoms with E-state index in [-0.39, 0.29) is 33.5 Å². The molecule has 8 heteroatoms. The third kappa shape index (κ3) is 4.55. The van der Waals surface area contributed by atoms with E-state index in [2.05, 4.69) is 0 Å². The maximum atomic E-state index is 13.8. The molecular formula is C24H22Cl2N2O3S. The van der Waals surface area contributed by atoms with Crippen LogP contribution < -0.4 is 10.6 Å². The number of aromatic carboxylic acids is 1. The molecule has 166 valence electrons. The molecule has 1 fully saturated rings. The number of hydrogen-bond acceptors (Lipinski definition) is 4. The summed E-state index contributed by atoms with van der Waals surface area (Å²) in [6, 6.07) is 15.4. The van der Waals surface area contributed by atoms with E-state index < -0.39 is 5.97 Å². The number of nitrogens with two attached hydrogens (primary N) is 1. The minimum Gasteiger partial charge on any atom is -0.477 e. The molecule has 0 unspecified atom stereocenters. The first kappa shape index (κ1) is 22.8. The number of amides is 1. The molecule has 1 aliphatic rings. The molecule has 0 saturated heterocycles. The Bertz CT molecular complexity index is 1150. The van der Waals surface area contributed by atoms with E-state index in [1.54, 1.807) is 23.1 Å². The summed E-state index contributed by atoms with van der Waals surface area (Å²) in [5, 5.41) is 10.6. The number of benzene rings is 2. The van der Waals surface area contributed by atoms with Crippen LogP contribution in [0.3, 0.4) is 0 Å². The molecule has 1 heterocycles. The lowest BCUT2D eigenvalue weighted by molar-refractivity contribution is 0.0702. The lowest BCUT2D eigenvalue weighted by Crippen LogP contribution is -2.52. The second-order valence-electron chi connectivity index (χ2n) is 7.81. The predicted molar refractivity (Wildman–Crippen MR) is 130 cm³/mol. The number of rotatable bonds is 5. The number of carbonyl (C=O) groups excluding carboxylic acids is 1. The van der Waals surface area contributed by atoms with Crippen molar-refractivity contribution in [2.75, 3.05) is 4.90 Å².